The van der Waals surface area contributed by atoms with Crippen LogP contribution in [0.15, 0.2) is 0 Å². The third-order valence-electron chi connectivity index (χ3n) is 13.7. The third-order valence-corrected chi connectivity index (χ3v) is 13.7. The van der Waals surface area contributed by atoms with Gasteiger partial charge in [-0.05, 0) is 12.8 Å². The number of amides is 1. The summed E-state index contributed by atoms with van der Waals surface area (Å²) in [4.78, 5) is 13.1. The van der Waals surface area contributed by atoms with Crippen molar-refractivity contribution in [1.29, 1.82) is 0 Å². The lowest BCUT2D eigenvalue weighted by atomic mass is 9.99. The molecule has 1 aliphatic rings. The number of hydrogen-bond acceptors (Lipinski definition) is 8. The van der Waals surface area contributed by atoms with Gasteiger partial charge in [-0.25, -0.2) is 0 Å². The molecule has 0 aromatic carbocycles. The van der Waals surface area contributed by atoms with Gasteiger partial charge in [-0.1, -0.05) is 264 Å². The molecular formula is C54H107NO8. The highest BCUT2D eigenvalue weighted by Crippen LogP contribution is 2.23. The molecule has 1 rings (SSSR count). The molecule has 376 valence electrons. The van der Waals surface area contributed by atoms with Crippen molar-refractivity contribution in [2.45, 2.75) is 326 Å². The Morgan fingerprint density at radius 3 is 1.13 bits per heavy atom. The number of aliphatic hydroxyl groups excluding tert-OH is 5. The van der Waals surface area contributed by atoms with Gasteiger partial charge in [-0.2, -0.15) is 0 Å². The third kappa shape index (κ3) is 35.1. The van der Waals surface area contributed by atoms with Crippen LogP contribution in [-0.4, -0.2) is 87.5 Å². The fraction of sp³-hybridized carbons (Fsp3) is 0.981. The van der Waals surface area contributed by atoms with Crippen LogP contribution in [0.1, 0.15) is 284 Å². The van der Waals surface area contributed by atoms with E-state index in [1.54, 1.807) is 0 Å². The molecule has 0 bridgehead atoms. The summed E-state index contributed by atoms with van der Waals surface area (Å²) >= 11 is 0. The second-order valence-electron chi connectivity index (χ2n) is 19.7. The van der Waals surface area contributed by atoms with Crippen LogP contribution in [0.5, 0.6) is 0 Å². The van der Waals surface area contributed by atoms with Crippen LogP contribution in [0.3, 0.4) is 0 Å². The van der Waals surface area contributed by atoms with Crippen molar-refractivity contribution in [3.63, 3.8) is 0 Å². The molecule has 1 fully saturated rings. The summed E-state index contributed by atoms with van der Waals surface area (Å²) < 4.78 is 11.3. The Morgan fingerprint density at radius 2 is 0.794 bits per heavy atom. The molecule has 1 heterocycles. The van der Waals surface area contributed by atoms with E-state index in [4.69, 9.17) is 9.47 Å². The molecule has 7 atom stereocenters. The molecule has 1 aliphatic heterocycles. The van der Waals surface area contributed by atoms with Crippen LogP contribution in [-0.2, 0) is 14.3 Å². The van der Waals surface area contributed by atoms with Gasteiger partial charge in [0.25, 0.3) is 0 Å². The van der Waals surface area contributed by atoms with E-state index in [-0.39, 0.29) is 12.5 Å². The van der Waals surface area contributed by atoms with Gasteiger partial charge >= 0.3 is 0 Å². The summed E-state index contributed by atoms with van der Waals surface area (Å²) in [6, 6.07) is -0.713. The minimum atomic E-state index is -1.55. The summed E-state index contributed by atoms with van der Waals surface area (Å²) in [5, 5.41) is 54.6. The number of unbranched alkanes of at least 4 members (excludes halogenated alkanes) is 38. The average Bonchev–Trinajstić information content (AvgIpc) is 3.28. The fourth-order valence-corrected chi connectivity index (χ4v) is 9.28. The predicted octanol–water partition coefficient (Wildman–Crippen LogP) is 13.1. The van der Waals surface area contributed by atoms with Crippen LogP contribution in [0.25, 0.3) is 0 Å². The summed E-state index contributed by atoms with van der Waals surface area (Å²) in [7, 11) is 0. The maximum atomic E-state index is 13.1. The summed E-state index contributed by atoms with van der Waals surface area (Å²) in [5.74, 6) is -0.137. The Kier molecular flexibility index (Phi) is 43.0. The lowest BCUT2D eigenvalue weighted by Crippen LogP contribution is -2.60. The molecule has 0 spiro atoms. The van der Waals surface area contributed by atoms with Crippen molar-refractivity contribution >= 4 is 5.91 Å². The number of hydrogen-bond donors (Lipinski definition) is 6. The van der Waals surface area contributed by atoms with Crippen molar-refractivity contribution in [3.05, 3.63) is 0 Å². The van der Waals surface area contributed by atoms with Crippen molar-refractivity contribution < 1.29 is 39.8 Å². The van der Waals surface area contributed by atoms with Crippen molar-refractivity contribution in [2.75, 3.05) is 13.2 Å². The number of nitrogens with one attached hydrogen (secondary N) is 1. The molecule has 7 unspecified atom stereocenters. The molecular weight excluding hydrogens is 791 g/mol. The fourth-order valence-electron chi connectivity index (χ4n) is 9.28. The van der Waals surface area contributed by atoms with Gasteiger partial charge in [-0.3, -0.25) is 4.79 Å². The molecule has 63 heavy (non-hydrogen) atoms. The number of ether oxygens (including phenoxy) is 2. The molecule has 1 saturated heterocycles. The first-order valence-corrected chi connectivity index (χ1v) is 27.7. The zero-order chi connectivity index (χ0) is 45.9. The first kappa shape index (κ1) is 60.2. The maximum Gasteiger partial charge on any atom is 0.220 e. The van der Waals surface area contributed by atoms with Gasteiger partial charge in [0.1, 0.15) is 24.4 Å². The monoisotopic (exact) mass is 898 g/mol. The molecule has 1 amide bonds. The Hall–Kier alpha value is -0.810. The molecule has 6 N–H and O–H groups in total. The zero-order valence-corrected chi connectivity index (χ0v) is 41.6. The van der Waals surface area contributed by atoms with Gasteiger partial charge in [0.05, 0.1) is 25.4 Å². The quantitative estimate of drug-likeness (QED) is 0.0331. The molecule has 0 aromatic heterocycles. The standard InChI is InChI=1S/C54H107NO8/c1-3-5-7-9-11-13-15-17-19-21-23-24-25-26-28-30-32-34-36-38-40-42-44-50(58)55-47(46-62-54-53(61)52(60)51(59)49(45-56)63-54)48(57)43-41-39-37-35-33-31-29-27-22-20-18-16-14-12-10-8-6-4-2/h47-49,51-54,56-57,59-61H,3-46H2,1-2H3,(H,55,58). The molecule has 9 heteroatoms. The van der Waals surface area contributed by atoms with E-state index >= 15 is 0 Å². The van der Waals surface area contributed by atoms with E-state index in [2.05, 4.69) is 19.2 Å². The normalized spacial score (nSPS) is 20.0. The summed E-state index contributed by atoms with van der Waals surface area (Å²) in [6.07, 6.45) is 45.5. The number of carbonyl (C=O) groups excluding carboxylic acids is 1. The lowest BCUT2D eigenvalue weighted by Gasteiger charge is -2.40. The van der Waals surface area contributed by atoms with Gasteiger partial charge < -0.3 is 40.3 Å². The van der Waals surface area contributed by atoms with Gasteiger partial charge in [-0.15, -0.1) is 0 Å². The van der Waals surface area contributed by atoms with E-state index in [9.17, 15) is 30.3 Å². The van der Waals surface area contributed by atoms with Gasteiger partial charge in [0, 0.05) is 6.42 Å². The van der Waals surface area contributed by atoms with E-state index in [0.717, 1.165) is 38.5 Å². The second kappa shape index (κ2) is 45.0. The van der Waals surface area contributed by atoms with Crippen molar-refractivity contribution in [3.8, 4) is 0 Å². The number of carbonyl (C=O) groups is 1. The molecule has 0 aromatic rings. The summed E-state index contributed by atoms with van der Waals surface area (Å²) in [6.45, 7) is 3.88. The van der Waals surface area contributed by atoms with E-state index in [1.807, 2.05) is 0 Å². The molecule has 0 aliphatic carbocycles. The van der Waals surface area contributed by atoms with Crippen molar-refractivity contribution in [1.82, 2.24) is 5.32 Å². The Morgan fingerprint density at radius 1 is 0.476 bits per heavy atom. The largest absolute Gasteiger partial charge is 0.394 e. The molecule has 9 nitrogen and oxygen atoms in total. The minimum Gasteiger partial charge on any atom is -0.394 e. The van der Waals surface area contributed by atoms with Gasteiger partial charge in [0.15, 0.2) is 6.29 Å². The highest BCUT2D eigenvalue weighted by atomic mass is 16.7. The van der Waals surface area contributed by atoms with Crippen LogP contribution in [0.2, 0.25) is 0 Å². The van der Waals surface area contributed by atoms with Gasteiger partial charge in [0.2, 0.25) is 5.91 Å². The average molecular weight is 898 g/mol. The Labute approximate surface area is 389 Å². The highest BCUT2D eigenvalue weighted by molar-refractivity contribution is 5.76. The van der Waals surface area contributed by atoms with E-state index in [1.165, 1.54) is 218 Å². The highest BCUT2D eigenvalue weighted by Gasteiger charge is 2.44. The number of rotatable bonds is 48. The van der Waals surface area contributed by atoms with Crippen LogP contribution in [0.4, 0.5) is 0 Å². The Bertz CT molecular complexity index is 955. The van der Waals surface area contributed by atoms with E-state index < -0.39 is 49.5 Å². The first-order valence-electron chi connectivity index (χ1n) is 27.7. The number of aliphatic hydroxyl groups is 5. The topological polar surface area (TPSA) is 149 Å². The molecule has 0 saturated carbocycles. The SMILES string of the molecule is CCCCCCCCCCCCCCCCCCCCCCCCC(=O)NC(COC1OC(CO)C(O)C(O)C1O)C(O)CCCCCCCCCCCCCCCCCCCC. The second-order valence-corrected chi connectivity index (χ2v) is 19.7. The van der Waals surface area contributed by atoms with Crippen LogP contribution >= 0.6 is 0 Å². The predicted molar refractivity (Wildman–Crippen MR) is 263 cm³/mol. The maximum absolute atomic E-state index is 13.1. The smallest absolute Gasteiger partial charge is 0.220 e. The van der Waals surface area contributed by atoms with Crippen molar-refractivity contribution in [2.24, 2.45) is 0 Å². The Balaban J connectivity index is 2.21. The van der Waals surface area contributed by atoms with E-state index in [0.29, 0.717) is 12.8 Å². The lowest BCUT2D eigenvalue weighted by molar-refractivity contribution is -0.302. The van der Waals surface area contributed by atoms with Crippen LogP contribution in [0, 0.1) is 0 Å². The zero-order valence-electron chi connectivity index (χ0n) is 41.6. The van der Waals surface area contributed by atoms with Crippen LogP contribution < -0.4 is 5.32 Å². The summed E-state index contributed by atoms with van der Waals surface area (Å²) in [5.41, 5.74) is 0. The molecule has 0 radical (unpaired) electrons. The first-order chi connectivity index (χ1) is 30.8. The minimum absolute atomic E-state index is 0.131.